The van der Waals surface area contributed by atoms with Gasteiger partial charge in [0.15, 0.2) is 0 Å². The molecule has 0 rings (SSSR count). The van der Waals surface area contributed by atoms with Gasteiger partial charge in [-0.05, 0) is 0 Å². The molecule has 0 aliphatic carbocycles. The van der Waals surface area contributed by atoms with Crippen molar-refractivity contribution in [3.8, 4) is 0 Å². The maximum absolute atomic E-state index is 9.37. The van der Waals surface area contributed by atoms with Crippen LogP contribution in [0.25, 0.3) is 0 Å². The molecule has 0 saturated heterocycles. The van der Waals surface area contributed by atoms with E-state index in [1.54, 1.807) is 13.8 Å². The van der Waals surface area contributed by atoms with Crippen LogP contribution in [0.1, 0.15) is 26.7 Å². The molecule has 0 heterocycles. The summed E-state index contributed by atoms with van der Waals surface area (Å²) in [7, 11) is 0. The average Bonchev–Trinajstić information content (AvgIpc) is 2.07. The van der Waals surface area contributed by atoms with E-state index in [0.717, 1.165) is 0 Å². The van der Waals surface area contributed by atoms with Gasteiger partial charge in [-0.1, -0.05) is 13.8 Å². The van der Waals surface area contributed by atoms with Crippen LogP contribution in [0, 0.1) is 0 Å². The van der Waals surface area contributed by atoms with Crippen LogP contribution in [0.5, 0.6) is 0 Å². The van der Waals surface area contributed by atoms with Gasteiger partial charge in [0.1, 0.15) is 0 Å². The maximum atomic E-state index is 9.37. The third-order valence-electron chi connectivity index (χ3n) is 0.605. The van der Waals surface area contributed by atoms with Crippen molar-refractivity contribution in [1.82, 2.24) is 0 Å². The normalized spacial score (nSPS) is 7.08. The van der Waals surface area contributed by atoms with E-state index in [2.05, 4.69) is 25.5 Å². The maximum Gasteiger partial charge on any atom is 0.303 e. The van der Waals surface area contributed by atoms with Crippen molar-refractivity contribution >= 4 is 54.0 Å². The number of aliphatic carboxylic acids is 2. The van der Waals surface area contributed by atoms with Gasteiger partial charge >= 0.3 is 54.0 Å². The van der Waals surface area contributed by atoms with Crippen LogP contribution < -0.4 is 0 Å². The summed E-state index contributed by atoms with van der Waals surface area (Å²) in [6, 6.07) is 0. The molecular weight excluding hydrogens is 423 g/mol. The summed E-state index contributed by atoms with van der Waals surface area (Å²) in [6.07, 6.45) is 0.444. The predicted molar refractivity (Wildman–Crippen MR) is 59.5 cm³/mol. The second kappa shape index (κ2) is 18.5. The Morgan fingerprint density at radius 1 is 1.08 bits per heavy atom. The number of rotatable bonds is 2. The van der Waals surface area contributed by atoms with Gasteiger partial charge in [-0.3, -0.25) is 9.59 Å². The van der Waals surface area contributed by atoms with Crippen LogP contribution >= 0.6 is 25.5 Å². The zero-order chi connectivity index (χ0) is 11.3. The molecule has 0 aromatic rings. The third kappa shape index (κ3) is 65.9. The summed E-state index contributed by atoms with van der Waals surface area (Å²) in [5, 5.41) is 15.4. The van der Waals surface area contributed by atoms with Gasteiger partial charge < -0.3 is 10.2 Å². The summed E-state index contributed by atoms with van der Waals surface area (Å²) >= 11 is 6.48. The molecule has 0 spiro atoms. The number of carboxylic acid groups (broad SMARTS) is 2. The Morgan fingerprint density at radius 2 is 1.15 bits per heavy atom. The first-order valence-corrected chi connectivity index (χ1v) is 13.7. The van der Waals surface area contributed by atoms with E-state index in [4.69, 9.17) is 10.2 Å². The topological polar surface area (TPSA) is 74.6 Å². The van der Waals surface area contributed by atoms with Crippen LogP contribution in [0.2, 0.25) is 0 Å². The van der Waals surface area contributed by atoms with E-state index >= 15 is 0 Å². The zero-order valence-electron chi connectivity index (χ0n) is 7.29. The SMILES string of the molecule is Br[Te]Br.CCC(=O)O.CCC(=O)O. The van der Waals surface area contributed by atoms with E-state index in [9.17, 15) is 9.59 Å². The fourth-order valence-electron chi connectivity index (χ4n) is 0. The number of hydrogen-bond acceptors (Lipinski definition) is 2. The molecule has 0 unspecified atom stereocenters. The minimum atomic E-state index is -0.745. The monoisotopic (exact) mass is 436 g/mol. The fraction of sp³-hybridized carbons (Fsp3) is 0.667. The predicted octanol–water partition coefficient (Wildman–Crippen LogP) is 2.27. The molecule has 0 saturated carbocycles. The molecule has 0 aromatic heterocycles. The van der Waals surface area contributed by atoms with Crippen molar-refractivity contribution in [2.24, 2.45) is 0 Å². The Bertz CT molecular complexity index is 118. The van der Waals surface area contributed by atoms with E-state index in [1.807, 2.05) is 0 Å². The van der Waals surface area contributed by atoms with Crippen molar-refractivity contribution in [1.29, 1.82) is 0 Å². The van der Waals surface area contributed by atoms with Gasteiger partial charge in [0, 0.05) is 12.8 Å². The van der Waals surface area contributed by atoms with Gasteiger partial charge in [0.25, 0.3) is 0 Å². The molecule has 0 bridgehead atoms. The number of carbonyl (C=O) groups is 2. The van der Waals surface area contributed by atoms with Crippen molar-refractivity contribution in [3.63, 3.8) is 0 Å². The molecule has 0 atom stereocenters. The molecule has 7 heteroatoms. The molecule has 80 valence electrons. The number of carboxylic acids is 2. The zero-order valence-corrected chi connectivity index (χ0v) is 12.8. The second-order valence-corrected chi connectivity index (χ2v) is 12.1. The van der Waals surface area contributed by atoms with E-state index < -0.39 is 11.9 Å². The van der Waals surface area contributed by atoms with Gasteiger partial charge in [-0.25, -0.2) is 0 Å². The molecule has 0 aliphatic rings. The van der Waals surface area contributed by atoms with Crippen LogP contribution in [0.4, 0.5) is 0 Å². The van der Waals surface area contributed by atoms with Crippen LogP contribution in [0.15, 0.2) is 0 Å². The van der Waals surface area contributed by atoms with E-state index in [0.29, 0.717) is 0 Å². The largest absolute Gasteiger partial charge is 0.481 e. The van der Waals surface area contributed by atoms with E-state index in [-0.39, 0.29) is 29.3 Å². The standard InChI is InChI=1S/2C3H6O2.Br2Te/c2*1-2-3(4)5;1-3-2/h2*2H2,1H3,(H,4,5);. The van der Waals surface area contributed by atoms with Crippen molar-refractivity contribution < 1.29 is 19.8 Å². The second-order valence-electron chi connectivity index (χ2n) is 1.55. The molecule has 13 heavy (non-hydrogen) atoms. The molecule has 0 radical (unpaired) electrons. The number of halogens is 2. The summed E-state index contributed by atoms with van der Waals surface area (Å²) < 4.78 is 0. The number of hydrogen-bond donors (Lipinski definition) is 2. The van der Waals surface area contributed by atoms with Gasteiger partial charge in [-0.2, -0.15) is 0 Å². The van der Waals surface area contributed by atoms with Crippen molar-refractivity contribution in [3.05, 3.63) is 0 Å². The molecule has 4 nitrogen and oxygen atoms in total. The molecule has 0 aromatic carbocycles. The van der Waals surface area contributed by atoms with Gasteiger partial charge in [0.2, 0.25) is 0 Å². The average molecular weight is 436 g/mol. The van der Waals surface area contributed by atoms with Crippen LogP contribution in [-0.2, 0) is 9.59 Å². The molecule has 0 aliphatic heterocycles. The summed E-state index contributed by atoms with van der Waals surface area (Å²) in [5.74, 6) is -1.49. The van der Waals surface area contributed by atoms with Crippen LogP contribution in [-0.4, -0.2) is 38.7 Å². The molecule has 2 N–H and O–H groups in total. The minimum Gasteiger partial charge on any atom is -0.481 e. The smallest absolute Gasteiger partial charge is 0.303 e. The summed E-state index contributed by atoms with van der Waals surface area (Å²) in [5.41, 5.74) is 0. The Hall–Kier alpha value is 0.690. The van der Waals surface area contributed by atoms with Crippen LogP contribution in [0.3, 0.4) is 0 Å². The third-order valence-corrected chi connectivity index (χ3v) is 0.605. The molecule has 0 fully saturated rings. The molecule has 0 amide bonds. The van der Waals surface area contributed by atoms with Gasteiger partial charge in [0.05, 0.1) is 0 Å². The van der Waals surface area contributed by atoms with Gasteiger partial charge in [-0.15, -0.1) is 0 Å². The van der Waals surface area contributed by atoms with Crippen molar-refractivity contribution in [2.75, 3.05) is 0 Å². The first-order chi connectivity index (χ1) is 5.95. The Kier molecular flexibility index (Phi) is 27.4. The Morgan fingerprint density at radius 3 is 1.15 bits per heavy atom. The minimum absolute atomic E-state index is 0.0950. The Labute approximate surface area is 99.7 Å². The molecular formula is C6H12Br2O4Te. The quantitative estimate of drug-likeness (QED) is 0.653. The first kappa shape index (κ1) is 19.3. The van der Waals surface area contributed by atoms with Crippen molar-refractivity contribution in [2.45, 2.75) is 26.7 Å². The Balaban J connectivity index is -0.000000120. The van der Waals surface area contributed by atoms with E-state index in [1.165, 1.54) is 0 Å². The summed E-state index contributed by atoms with van der Waals surface area (Å²) in [6.45, 7) is 3.20. The summed E-state index contributed by atoms with van der Waals surface area (Å²) in [4.78, 5) is 18.7. The first-order valence-electron chi connectivity index (χ1n) is 3.29. The fourth-order valence-corrected chi connectivity index (χ4v) is 0.